The third kappa shape index (κ3) is 4.31. The number of nitrogens with zero attached hydrogens (tertiary/aromatic N) is 1. The van der Waals surface area contributed by atoms with Crippen LogP contribution < -0.4 is 5.73 Å². The second-order valence-corrected chi connectivity index (χ2v) is 4.89. The van der Waals surface area contributed by atoms with Crippen molar-refractivity contribution in [2.75, 3.05) is 0 Å². The Bertz CT molecular complexity index is 246. The van der Waals surface area contributed by atoms with E-state index in [-0.39, 0.29) is 6.04 Å². The highest BCUT2D eigenvalue weighted by atomic mass is 32.1. The summed E-state index contributed by atoms with van der Waals surface area (Å²) in [5, 5.41) is 2.07. The van der Waals surface area contributed by atoms with Crippen molar-refractivity contribution < 1.29 is 0 Å². The molecule has 2 nitrogen and oxygen atoms in total. The minimum atomic E-state index is 0.137. The van der Waals surface area contributed by atoms with Crippen molar-refractivity contribution >= 4 is 11.3 Å². The summed E-state index contributed by atoms with van der Waals surface area (Å²) < 4.78 is 0. The fourth-order valence-corrected chi connectivity index (χ4v) is 2.48. The molecule has 1 rings (SSSR count). The van der Waals surface area contributed by atoms with Crippen molar-refractivity contribution in [1.82, 2.24) is 4.98 Å². The predicted molar refractivity (Wildman–Crippen MR) is 67.0 cm³/mol. The van der Waals surface area contributed by atoms with Gasteiger partial charge in [-0.1, -0.05) is 39.5 Å². The first-order valence-corrected chi connectivity index (χ1v) is 6.85. The third-order valence-corrected chi connectivity index (χ3v) is 3.57. The van der Waals surface area contributed by atoms with Crippen LogP contribution in [0.25, 0.3) is 0 Å². The monoisotopic (exact) mass is 226 g/mol. The molecule has 0 saturated heterocycles. The van der Waals surface area contributed by atoms with Crippen LogP contribution in [0, 0.1) is 5.92 Å². The van der Waals surface area contributed by atoms with E-state index in [9.17, 15) is 0 Å². The molecule has 0 amide bonds. The van der Waals surface area contributed by atoms with Gasteiger partial charge in [-0.05, 0) is 12.3 Å². The number of hydrogen-bond acceptors (Lipinski definition) is 3. The number of unbranched alkanes of at least 4 members (excludes halogenated alkanes) is 1. The Hall–Kier alpha value is -0.410. The van der Waals surface area contributed by atoms with Crippen LogP contribution in [0.15, 0.2) is 10.9 Å². The van der Waals surface area contributed by atoms with Crippen LogP contribution in [-0.2, 0) is 0 Å². The molecule has 0 bridgehead atoms. The van der Waals surface area contributed by atoms with Gasteiger partial charge >= 0.3 is 0 Å². The van der Waals surface area contributed by atoms with E-state index in [1.54, 1.807) is 11.3 Å². The zero-order valence-electron chi connectivity index (χ0n) is 9.78. The first-order chi connectivity index (χ1) is 7.27. The van der Waals surface area contributed by atoms with Crippen molar-refractivity contribution in [3.05, 3.63) is 16.6 Å². The molecule has 0 radical (unpaired) electrons. The summed E-state index contributed by atoms with van der Waals surface area (Å²) in [5.41, 5.74) is 9.06. The minimum Gasteiger partial charge on any atom is -0.323 e. The largest absolute Gasteiger partial charge is 0.323 e. The number of rotatable bonds is 7. The quantitative estimate of drug-likeness (QED) is 0.769. The van der Waals surface area contributed by atoms with Gasteiger partial charge in [0.25, 0.3) is 0 Å². The zero-order chi connectivity index (χ0) is 11.1. The van der Waals surface area contributed by atoms with E-state index < -0.39 is 0 Å². The van der Waals surface area contributed by atoms with Gasteiger partial charge in [-0.25, -0.2) is 4.98 Å². The molecular weight excluding hydrogens is 204 g/mol. The molecule has 1 heterocycles. The lowest BCUT2D eigenvalue weighted by atomic mass is 9.91. The minimum absolute atomic E-state index is 0.137. The molecule has 1 aromatic rings. The third-order valence-electron chi connectivity index (χ3n) is 2.96. The highest BCUT2D eigenvalue weighted by Crippen LogP contribution is 2.24. The fraction of sp³-hybridized carbons (Fsp3) is 0.750. The van der Waals surface area contributed by atoms with Gasteiger partial charge in [0, 0.05) is 11.4 Å². The second kappa shape index (κ2) is 6.96. The van der Waals surface area contributed by atoms with Crippen LogP contribution in [0.1, 0.15) is 57.7 Å². The maximum Gasteiger partial charge on any atom is 0.0795 e. The second-order valence-electron chi connectivity index (χ2n) is 4.17. The summed E-state index contributed by atoms with van der Waals surface area (Å²) in [7, 11) is 0. The Morgan fingerprint density at radius 1 is 1.47 bits per heavy atom. The molecular formula is C12H22N2S. The standard InChI is InChI=1S/C12H22N2S/c1-3-5-6-10(4-2)7-11(13)12-8-15-9-14-12/h8-11H,3-7,13H2,1-2H3. The van der Waals surface area contributed by atoms with Crippen LogP contribution in [0.4, 0.5) is 0 Å². The van der Waals surface area contributed by atoms with Gasteiger partial charge in [0.15, 0.2) is 0 Å². The van der Waals surface area contributed by atoms with E-state index in [2.05, 4.69) is 24.2 Å². The number of nitrogens with two attached hydrogens (primary N) is 1. The molecule has 0 aromatic carbocycles. The Balaban J connectivity index is 2.37. The van der Waals surface area contributed by atoms with Crippen molar-refractivity contribution in [2.45, 2.75) is 52.0 Å². The maximum atomic E-state index is 6.13. The summed E-state index contributed by atoms with van der Waals surface area (Å²) >= 11 is 1.63. The highest BCUT2D eigenvalue weighted by Gasteiger charge is 2.14. The highest BCUT2D eigenvalue weighted by molar-refractivity contribution is 7.07. The van der Waals surface area contributed by atoms with Gasteiger partial charge in [0.1, 0.15) is 0 Å². The van der Waals surface area contributed by atoms with E-state index in [0.29, 0.717) is 0 Å². The number of thiazole rings is 1. The van der Waals surface area contributed by atoms with Crippen LogP contribution in [-0.4, -0.2) is 4.98 Å². The molecule has 0 aliphatic rings. The Morgan fingerprint density at radius 2 is 2.27 bits per heavy atom. The Kier molecular flexibility index (Phi) is 5.88. The molecule has 0 spiro atoms. The van der Waals surface area contributed by atoms with Crippen LogP contribution in [0.3, 0.4) is 0 Å². The lowest BCUT2D eigenvalue weighted by Crippen LogP contribution is -2.15. The van der Waals surface area contributed by atoms with E-state index >= 15 is 0 Å². The molecule has 2 N–H and O–H groups in total. The lowest BCUT2D eigenvalue weighted by Gasteiger charge is -2.18. The van der Waals surface area contributed by atoms with Crippen LogP contribution >= 0.6 is 11.3 Å². The summed E-state index contributed by atoms with van der Waals surface area (Å²) in [6.45, 7) is 4.50. The van der Waals surface area contributed by atoms with Gasteiger partial charge in [0.05, 0.1) is 11.2 Å². The van der Waals surface area contributed by atoms with Crippen molar-refractivity contribution in [2.24, 2.45) is 11.7 Å². The molecule has 0 aliphatic heterocycles. The molecule has 86 valence electrons. The van der Waals surface area contributed by atoms with Gasteiger partial charge in [-0.2, -0.15) is 0 Å². The molecule has 2 unspecified atom stereocenters. The lowest BCUT2D eigenvalue weighted by molar-refractivity contribution is 0.386. The Labute approximate surface area is 96.9 Å². The van der Waals surface area contributed by atoms with E-state index in [4.69, 9.17) is 5.73 Å². The number of hydrogen-bond donors (Lipinski definition) is 1. The van der Waals surface area contributed by atoms with Crippen molar-refractivity contribution in [1.29, 1.82) is 0 Å². The first-order valence-electron chi connectivity index (χ1n) is 5.91. The summed E-state index contributed by atoms with van der Waals surface area (Å²) in [5.74, 6) is 0.765. The molecule has 3 heteroatoms. The van der Waals surface area contributed by atoms with Gasteiger partial charge < -0.3 is 5.73 Å². The normalized spacial score (nSPS) is 15.1. The van der Waals surface area contributed by atoms with E-state index in [1.807, 2.05) is 5.51 Å². The molecule has 15 heavy (non-hydrogen) atoms. The SMILES string of the molecule is CCCCC(CC)CC(N)c1cscn1. The molecule has 0 saturated carbocycles. The smallest absolute Gasteiger partial charge is 0.0795 e. The van der Waals surface area contributed by atoms with Gasteiger partial charge in [-0.15, -0.1) is 11.3 Å². The average molecular weight is 226 g/mol. The average Bonchev–Trinajstić information content (AvgIpc) is 2.77. The van der Waals surface area contributed by atoms with Gasteiger partial charge in [-0.3, -0.25) is 0 Å². The summed E-state index contributed by atoms with van der Waals surface area (Å²) in [6, 6.07) is 0.137. The van der Waals surface area contributed by atoms with E-state index in [1.165, 1.54) is 25.7 Å². The number of aromatic nitrogens is 1. The topological polar surface area (TPSA) is 38.9 Å². The first kappa shape index (κ1) is 12.7. The van der Waals surface area contributed by atoms with E-state index in [0.717, 1.165) is 18.0 Å². The molecule has 0 aliphatic carbocycles. The fourth-order valence-electron chi connectivity index (χ4n) is 1.87. The summed E-state index contributed by atoms with van der Waals surface area (Å²) in [4.78, 5) is 4.28. The molecule has 1 aromatic heterocycles. The van der Waals surface area contributed by atoms with Crippen molar-refractivity contribution in [3.8, 4) is 0 Å². The Morgan fingerprint density at radius 3 is 2.80 bits per heavy atom. The van der Waals surface area contributed by atoms with Crippen LogP contribution in [0.2, 0.25) is 0 Å². The van der Waals surface area contributed by atoms with Crippen LogP contribution in [0.5, 0.6) is 0 Å². The predicted octanol–water partition coefficient (Wildman–Crippen LogP) is 3.75. The van der Waals surface area contributed by atoms with Crippen molar-refractivity contribution in [3.63, 3.8) is 0 Å². The molecule has 0 fully saturated rings. The maximum absolute atomic E-state index is 6.13. The zero-order valence-corrected chi connectivity index (χ0v) is 10.6. The van der Waals surface area contributed by atoms with Gasteiger partial charge in [0.2, 0.25) is 0 Å². The molecule has 2 atom stereocenters. The summed E-state index contributed by atoms with van der Waals surface area (Å²) in [6.07, 6.45) is 6.23.